The van der Waals surface area contributed by atoms with Gasteiger partial charge in [0.15, 0.2) is 0 Å². The number of hydrogen-bond donors (Lipinski definition) is 2. The minimum absolute atomic E-state index is 0.0438. The first kappa shape index (κ1) is 18.9. The van der Waals surface area contributed by atoms with Crippen molar-refractivity contribution in [2.24, 2.45) is 0 Å². The minimum Gasteiger partial charge on any atom is -0.465 e. The van der Waals surface area contributed by atoms with E-state index in [9.17, 15) is 9.59 Å². The number of furan rings is 1. The lowest BCUT2D eigenvalue weighted by Gasteiger charge is -2.08. The first-order valence-corrected chi connectivity index (χ1v) is 9.01. The molecular formula is C22H16N4O4. The van der Waals surface area contributed by atoms with Crippen LogP contribution in [0.25, 0.3) is 17.5 Å². The van der Waals surface area contributed by atoms with E-state index in [4.69, 9.17) is 8.83 Å². The number of nitrogens with one attached hydrogen (secondary N) is 2. The largest absolute Gasteiger partial charge is 0.465 e. The van der Waals surface area contributed by atoms with Crippen molar-refractivity contribution in [3.8, 4) is 11.5 Å². The van der Waals surface area contributed by atoms with Gasteiger partial charge in [-0.05, 0) is 42.5 Å². The van der Waals surface area contributed by atoms with Crippen LogP contribution in [-0.2, 0) is 4.79 Å². The summed E-state index contributed by atoms with van der Waals surface area (Å²) in [5.74, 6) is -0.0719. The smallest absolute Gasteiger partial charge is 0.322 e. The normalized spacial score (nSPS) is 10.8. The molecule has 0 aliphatic rings. The number of anilines is 2. The third-order valence-electron chi connectivity index (χ3n) is 4.04. The highest BCUT2D eigenvalue weighted by Gasteiger charge is 2.16. The Morgan fingerprint density at radius 1 is 0.867 bits per heavy atom. The van der Waals surface area contributed by atoms with Crippen LogP contribution in [0.3, 0.4) is 0 Å². The second kappa shape index (κ2) is 8.70. The standard InChI is InChI=1S/C22H16N4O4/c27-19(13-12-16-9-6-14-29-16)23-18-11-5-4-10-17(18)20(28)24-22-26-25-21(30-22)15-7-2-1-3-8-15/h1-14H,(H,23,27)(H,24,26,28)/b13-12+. The van der Waals surface area contributed by atoms with Crippen molar-refractivity contribution >= 4 is 29.6 Å². The van der Waals surface area contributed by atoms with E-state index in [0.29, 0.717) is 11.4 Å². The Labute approximate surface area is 171 Å². The van der Waals surface area contributed by atoms with Crippen LogP contribution < -0.4 is 10.6 Å². The molecule has 0 radical (unpaired) electrons. The molecule has 0 aliphatic heterocycles. The molecule has 30 heavy (non-hydrogen) atoms. The molecule has 0 aliphatic carbocycles. The molecule has 4 rings (SSSR count). The van der Waals surface area contributed by atoms with Crippen molar-refractivity contribution in [3.63, 3.8) is 0 Å². The summed E-state index contributed by atoms with van der Waals surface area (Å²) in [5, 5.41) is 13.0. The van der Waals surface area contributed by atoms with E-state index in [0.717, 1.165) is 5.56 Å². The molecule has 2 N–H and O–H groups in total. The van der Waals surface area contributed by atoms with Crippen LogP contribution in [0.5, 0.6) is 0 Å². The van der Waals surface area contributed by atoms with Gasteiger partial charge >= 0.3 is 6.01 Å². The highest BCUT2D eigenvalue weighted by atomic mass is 16.4. The summed E-state index contributed by atoms with van der Waals surface area (Å²) in [7, 11) is 0. The molecule has 0 saturated heterocycles. The first-order chi connectivity index (χ1) is 14.7. The van der Waals surface area contributed by atoms with Gasteiger partial charge in [-0.1, -0.05) is 35.4 Å². The van der Waals surface area contributed by atoms with Gasteiger partial charge in [0.1, 0.15) is 5.76 Å². The average molecular weight is 400 g/mol. The molecule has 0 fully saturated rings. The highest BCUT2D eigenvalue weighted by molar-refractivity contribution is 6.11. The van der Waals surface area contributed by atoms with E-state index < -0.39 is 11.8 Å². The van der Waals surface area contributed by atoms with Crippen LogP contribution in [0.1, 0.15) is 16.1 Å². The van der Waals surface area contributed by atoms with E-state index in [1.165, 1.54) is 18.4 Å². The maximum absolute atomic E-state index is 12.7. The lowest BCUT2D eigenvalue weighted by Crippen LogP contribution is -2.17. The zero-order chi connectivity index (χ0) is 20.8. The van der Waals surface area contributed by atoms with E-state index in [-0.39, 0.29) is 17.5 Å². The summed E-state index contributed by atoms with van der Waals surface area (Å²) in [6.45, 7) is 0. The SMILES string of the molecule is O=C(/C=C/c1ccco1)Nc1ccccc1C(=O)Nc1nnc(-c2ccccc2)o1. The second-order valence-corrected chi connectivity index (χ2v) is 6.12. The van der Waals surface area contributed by atoms with Crippen molar-refractivity contribution in [2.45, 2.75) is 0 Å². The Balaban J connectivity index is 1.46. The minimum atomic E-state index is -0.496. The van der Waals surface area contributed by atoms with E-state index >= 15 is 0 Å². The monoisotopic (exact) mass is 400 g/mol. The van der Waals surface area contributed by atoms with Crippen molar-refractivity contribution in [1.82, 2.24) is 10.2 Å². The number of rotatable bonds is 6. The lowest BCUT2D eigenvalue weighted by molar-refractivity contribution is -0.111. The predicted octanol–water partition coefficient (Wildman–Crippen LogP) is 4.23. The fraction of sp³-hybridized carbons (Fsp3) is 0. The molecule has 2 heterocycles. The fourth-order valence-electron chi connectivity index (χ4n) is 2.64. The van der Waals surface area contributed by atoms with Crippen LogP contribution in [0.15, 0.2) is 87.9 Å². The van der Waals surface area contributed by atoms with Gasteiger partial charge in [0, 0.05) is 11.6 Å². The molecule has 2 aromatic heterocycles. The number of hydrogen-bond acceptors (Lipinski definition) is 6. The Morgan fingerprint density at radius 2 is 1.67 bits per heavy atom. The predicted molar refractivity (Wildman–Crippen MR) is 111 cm³/mol. The topological polar surface area (TPSA) is 110 Å². The molecule has 0 unspecified atom stereocenters. The summed E-state index contributed by atoms with van der Waals surface area (Å²) in [6, 6.07) is 19.2. The summed E-state index contributed by atoms with van der Waals surface area (Å²) < 4.78 is 10.6. The highest BCUT2D eigenvalue weighted by Crippen LogP contribution is 2.21. The molecule has 4 aromatic rings. The maximum Gasteiger partial charge on any atom is 0.322 e. The van der Waals surface area contributed by atoms with Crippen LogP contribution in [0.4, 0.5) is 11.7 Å². The van der Waals surface area contributed by atoms with Crippen LogP contribution >= 0.6 is 0 Å². The molecule has 0 bridgehead atoms. The molecule has 8 heteroatoms. The third-order valence-corrected chi connectivity index (χ3v) is 4.04. The Kier molecular flexibility index (Phi) is 5.47. The number of benzene rings is 2. The van der Waals surface area contributed by atoms with Gasteiger partial charge in [0.25, 0.3) is 5.91 Å². The molecule has 0 spiro atoms. The van der Waals surface area contributed by atoms with Crippen LogP contribution in [-0.4, -0.2) is 22.0 Å². The third kappa shape index (κ3) is 4.50. The van der Waals surface area contributed by atoms with Crippen LogP contribution in [0, 0.1) is 0 Å². The second-order valence-electron chi connectivity index (χ2n) is 6.12. The first-order valence-electron chi connectivity index (χ1n) is 9.01. The van der Waals surface area contributed by atoms with Gasteiger partial charge in [0.05, 0.1) is 17.5 Å². The van der Waals surface area contributed by atoms with E-state index in [1.807, 2.05) is 30.3 Å². The molecule has 2 amide bonds. The number of carbonyl (C=O) groups excluding carboxylic acids is 2. The van der Waals surface area contributed by atoms with Crippen molar-refractivity contribution in [3.05, 3.63) is 90.4 Å². The van der Waals surface area contributed by atoms with E-state index in [2.05, 4.69) is 20.8 Å². The Morgan fingerprint density at radius 3 is 2.47 bits per heavy atom. The van der Waals surface area contributed by atoms with Gasteiger partial charge in [-0.2, -0.15) is 0 Å². The van der Waals surface area contributed by atoms with Gasteiger partial charge in [-0.25, -0.2) is 0 Å². The number of carbonyl (C=O) groups is 2. The quantitative estimate of drug-likeness (QED) is 0.469. The molecule has 148 valence electrons. The zero-order valence-electron chi connectivity index (χ0n) is 15.6. The van der Waals surface area contributed by atoms with E-state index in [1.54, 1.807) is 36.4 Å². The van der Waals surface area contributed by atoms with Crippen LogP contribution in [0.2, 0.25) is 0 Å². The van der Waals surface area contributed by atoms with Crippen molar-refractivity contribution < 1.29 is 18.4 Å². The molecular weight excluding hydrogens is 384 g/mol. The Hall–Kier alpha value is -4.46. The Bertz CT molecular complexity index is 1180. The summed E-state index contributed by atoms with van der Waals surface area (Å²) >= 11 is 0. The molecule has 2 aromatic carbocycles. The summed E-state index contributed by atoms with van der Waals surface area (Å²) in [4.78, 5) is 24.9. The van der Waals surface area contributed by atoms with Crippen molar-refractivity contribution in [1.29, 1.82) is 0 Å². The van der Waals surface area contributed by atoms with Gasteiger partial charge < -0.3 is 14.2 Å². The molecule has 0 saturated carbocycles. The summed E-state index contributed by atoms with van der Waals surface area (Å²) in [6.07, 6.45) is 4.36. The zero-order valence-corrected chi connectivity index (χ0v) is 15.6. The number of para-hydroxylation sites is 1. The number of nitrogens with zero attached hydrogens (tertiary/aromatic N) is 2. The van der Waals surface area contributed by atoms with Gasteiger partial charge in [-0.15, -0.1) is 5.10 Å². The molecule has 0 atom stereocenters. The molecule has 8 nitrogen and oxygen atoms in total. The summed E-state index contributed by atoms with van der Waals surface area (Å²) in [5.41, 5.74) is 1.32. The number of amides is 2. The average Bonchev–Trinajstić information content (AvgIpc) is 3.45. The number of aromatic nitrogens is 2. The lowest BCUT2D eigenvalue weighted by atomic mass is 10.1. The van der Waals surface area contributed by atoms with Crippen molar-refractivity contribution in [2.75, 3.05) is 10.6 Å². The fourth-order valence-corrected chi connectivity index (χ4v) is 2.64. The van der Waals surface area contributed by atoms with Gasteiger partial charge in [-0.3, -0.25) is 14.9 Å². The van der Waals surface area contributed by atoms with Gasteiger partial charge in [0.2, 0.25) is 11.8 Å². The maximum atomic E-state index is 12.7.